The van der Waals surface area contributed by atoms with Crippen molar-refractivity contribution < 1.29 is 4.39 Å². The van der Waals surface area contributed by atoms with Crippen LogP contribution in [0.2, 0.25) is 0 Å². The van der Waals surface area contributed by atoms with Gasteiger partial charge in [-0.05, 0) is 24.3 Å². The van der Waals surface area contributed by atoms with Crippen LogP contribution in [0.1, 0.15) is 0 Å². The van der Waals surface area contributed by atoms with Crippen LogP contribution in [0.5, 0.6) is 0 Å². The zero-order valence-electron chi connectivity index (χ0n) is 10.1. The summed E-state index contributed by atoms with van der Waals surface area (Å²) < 4.78 is 13.2. The summed E-state index contributed by atoms with van der Waals surface area (Å²) in [6.45, 7) is 0. The molecule has 3 nitrogen and oxygen atoms in total. The number of benzene rings is 2. The number of nitrogens with two attached hydrogens (primary N) is 1. The Labute approximate surface area is 109 Å². The monoisotopic (exact) mass is 253 g/mol. The summed E-state index contributed by atoms with van der Waals surface area (Å²) in [5, 5.41) is 4.06. The van der Waals surface area contributed by atoms with Crippen molar-refractivity contribution in [3.05, 3.63) is 60.5 Å². The van der Waals surface area contributed by atoms with Gasteiger partial charge in [0.15, 0.2) is 0 Å². The zero-order chi connectivity index (χ0) is 13.2. The van der Waals surface area contributed by atoms with E-state index in [-0.39, 0.29) is 5.82 Å². The van der Waals surface area contributed by atoms with Gasteiger partial charge in [-0.25, -0.2) is 4.39 Å². The number of anilines is 3. The van der Waals surface area contributed by atoms with E-state index < -0.39 is 0 Å². The molecule has 0 unspecified atom stereocenters. The molecule has 0 radical (unpaired) electrons. The highest BCUT2D eigenvalue weighted by molar-refractivity contribution is 5.98. The summed E-state index contributed by atoms with van der Waals surface area (Å²) in [6, 6.07) is 13.9. The standard InChI is InChI=1S/C15H12FN3/c16-10-4-3-5-11(8-10)19-15-12-6-1-2-7-14(12)18-9-13(15)17/h1-9H,17H2,(H,18,19). The van der Waals surface area contributed by atoms with E-state index in [1.807, 2.05) is 24.3 Å². The Morgan fingerprint density at radius 3 is 2.74 bits per heavy atom. The molecule has 0 fully saturated rings. The number of nitrogens with zero attached hydrogens (tertiary/aromatic N) is 1. The zero-order valence-corrected chi connectivity index (χ0v) is 10.1. The van der Waals surface area contributed by atoms with Gasteiger partial charge in [0.25, 0.3) is 0 Å². The lowest BCUT2D eigenvalue weighted by Crippen LogP contribution is -1.99. The first kappa shape index (κ1) is 11.5. The van der Waals surface area contributed by atoms with Gasteiger partial charge in [-0.15, -0.1) is 0 Å². The summed E-state index contributed by atoms with van der Waals surface area (Å²) in [5.41, 5.74) is 8.73. The average Bonchev–Trinajstić information content (AvgIpc) is 2.42. The minimum absolute atomic E-state index is 0.290. The molecule has 0 amide bonds. The van der Waals surface area contributed by atoms with Crippen molar-refractivity contribution in [2.24, 2.45) is 0 Å². The third-order valence-electron chi connectivity index (χ3n) is 2.90. The van der Waals surface area contributed by atoms with Crippen LogP contribution < -0.4 is 11.1 Å². The minimum Gasteiger partial charge on any atom is -0.396 e. The molecule has 2 aromatic carbocycles. The van der Waals surface area contributed by atoms with Crippen LogP contribution in [-0.2, 0) is 0 Å². The molecule has 0 aliphatic carbocycles. The molecule has 19 heavy (non-hydrogen) atoms. The topological polar surface area (TPSA) is 50.9 Å². The molecule has 3 N–H and O–H groups in total. The average molecular weight is 253 g/mol. The fourth-order valence-electron chi connectivity index (χ4n) is 2.01. The van der Waals surface area contributed by atoms with E-state index >= 15 is 0 Å². The fourth-order valence-corrected chi connectivity index (χ4v) is 2.01. The maximum atomic E-state index is 13.2. The summed E-state index contributed by atoms with van der Waals surface area (Å²) >= 11 is 0. The van der Waals surface area contributed by atoms with Crippen LogP contribution in [0.25, 0.3) is 10.9 Å². The molecule has 0 atom stereocenters. The molecule has 0 aliphatic heterocycles. The number of rotatable bonds is 2. The summed E-state index contributed by atoms with van der Waals surface area (Å²) in [7, 11) is 0. The van der Waals surface area contributed by atoms with Gasteiger partial charge in [0.05, 0.1) is 23.1 Å². The maximum Gasteiger partial charge on any atom is 0.125 e. The molecule has 4 heteroatoms. The number of aromatic nitrogens is 1. The van der Waals surface area contributed by atoms with Gasteiger partial charge in [-0.1, -0.05) is 24.3 Å². The number of hydrogen-bond donors (Lipinski definition) is 2. The first-order valence-electron chi connectivity index (χ1n) is 5.90. The summed E-state index contributed by atoms with van der Waals surface area (Å²) in [6.07, 6.45) is 1.60. The van der Waals surface area contributed by atoms with E-state index in [1.54, 1.807) is 18.3 Å². The Kier molecular flexibility index (Phi) is 2.76. The lowest BCUT2D eigenvalue weighted by Gasteiger charge is -2.12. The molecule has 1 heterocycles. The fraction of sp³-hybridized carbons (Fsp3) is 0. The SMILES string of the molecule is Nc1cnc2ccccc2c1Nc1cccc(F)c1. The van der Waals surface area contributed by atoms with E-state index in [2.05, 4.69) is 10.3 Å². The van der Waals surface area contributed by atoms with E-state index in [0.29, 0.717) is 11.4 Å². The predicted molar refractivity (Wildman–Crippen MR) is 75.8 cm³/mol. The highest BCUT2D eigenvalue weighted by Crippen LogP contribution is 2.30. The molecule has 3 aromatic rings. The number of hydrogen-bond acceptors (Lipinski definition) is 3. The van der Waals surface area contributed by atoms with Gasteiger partial charge in [-0.2, -0.15) is 0 Å². The van der Waals surface area contributed by atoms with Crippen molar-refractivity contribution in [1.29, 1.82) is 0 Å². The normalized spacial score (nSPS) is 10.6. The maximum absolute atomic E-state index is 13.2. The second-order valence-corrected chi connectivity index (χ2v) is 4.24. The van der Waals surface area contributed by atoms with E-state index in [0.717, 1.165) is 16.6 Å². The summed E-state index contributed by atoms with van der Waals surface area (Å²) in [5.74, 6) is -0.290. The number of fused-ring (bicyclic) bond motifs is 1. The largest absolute Gasteiger partial charge is 0.396 e. The molecule has 0 saturated heterocycles. The van der Waals surface area contributed by atoms with Crippen LogP contribution in [0, 0.1) is 5.82 Å². The van der Waals surface area contributed by atoms with Crippen molar-refractivity contribution in [2.75, 3.05) is 11.1 Å². The van der Waals surface area contributed by atoms with Crippen LogP contribution >= 0.6 is 0 Å². The lowest BCUT2D eigenvalue weighted by atomic mass is 10.1. The van der Waals surface area contributed by atoms with E-state index in [4.69, 9.17) is 5.73 Å². The van der Waals surface area contributed by atoms with Gasteiger partial charge in [0.1, 0.15) is 5.82 Å². The Bertz CT molecular complexity index is 740. The van der Waals surface area contributed by atoms with Crippen molar-refractivity contribution in [3.8, 4) is 0 Å². The number of nitrogens with one attached hydrogen (secondary N) is 1. The molecular formula is C15H12FN3. The number of pyridine rings is 1. The van der Waals surface area contributed by atoms with Crippen molar-refractivity contribution in [3.63, 3.8) is 0 Å². The number of para-hydroxylation sites is 1. The highest BCUT2D eigenvalue weighted by Gasteiger charge is 2.06. The van der Waals surface area contributed by atoms with Crippen LogP contribution in [0.15, 0.2) is 54.7 Å². The van der Waals surface area contributed by atoms with Crippen molar-refractivity contribution >= 4 is 28.0 Å². The van der Waals surface area contributed by atoms with Crippen molar-refractivity contribution in [2.45, 2.75) is 0 Å². The minimum atomic E-state index is -0.290. The Hall–Kier alpha value is -2.62. The number of halogens is 1. The smallest absolute Gasteiger partial charge is 0.125 e. The third-order valence-corrected chi connectivity index (χ3v) is 2.90. The lowest BCUT2D eigenvalue weighted by molar-refractivity contribution is 0.628. The predicted octanol–water partition coefficient (Wildman–Crippen LogP) is 3.70. The number of nitrogen functional groups attached to an aromatic ring is 1. The van der Waals surface area contributed by atoms with Crippen LogP contribution in [0.3, 0.4) is 0 Å². The van der Waals surface area contributed by atoms with E-state index in [1.165, 1.54) is 12.1 Å². The second-order valence-electron chi connectivity index (χ2n) is 4.24. The third kappa shape index (κ3) is 2.20. The van der Waals surface area contributed by atoms with E-state index in [9.17, 15) is 4.39 Å². The van der Waals surface area contributed by atoms with Gasteiger partial charge in [0, 0.05) is 11.1 Å². The molecule has 0 spiro atoms. The molecular weight excluding hydrogens is 241 g/mol. The molecule has 0 saturated carbocycles. The Balaban J connectivity index is 2.12. The molecule has 1 aromatic heterocycles. The van der Waals surface area contributed by atoms with Crippen LogP contribution in [0.4, 0.5) is 21.5 Å². The molecule has 0 bridgehead atoms. The quantitative estimate of drug-likeness (QED) is 0.732. The second kappa shape index (κ2) is 4.57. The van der Waals surface area contributed by atoms with Crippen molar-refractivity contribution in [1.82, 2.24) is 4.98 Å². The van der Waals surface area contributed by atoms with Gasteiger partial charge < -0.3 is 11.1 Å². The van der Waals surface area contributed by atoms with Gasteiger partial charge in [0.2, 0.25) is 0 Å². The van der Waals surface area contributed by atoms with Crippen LogP contribution in [-0.4, -0.2) is 4.98 Å². The summed E-state index contributed by atoms with van der Waals surface area (Å²) in [4.78, 5) is 4.26. The molecule has 3 rings (SSSR count). The van der Waals surface area contributed by atoms with Gasteiger partial charge >= 0.3 is 0 Å². The Morgan fingerprint density at radius 1 is 1.05 bits per heavy atom. The Morgan fingerprint density at radius 2 is 1.89 bits per heavy atom. The first-order chi connectivity index (χ1) is 9.24. The van der Waals surface area contributed by atoms with Gasteiger partial charge in [-0.3, -0.25) is 4.98 Å². The molecule has 94 valence electrons. The highest BCUT2D eigenvalue weighted by atomic mass is 19.1. The first-order valence-corrected chi connectivity index (χ1v) is 5.90. The molecule has 0 aliphatic rings.